The van der Waals surface area contributed by atoms with Crippen molar-refractivity contribution in [2.75, 3.05) is 13.6 Å². The van der Waals surface area contributed by atoms with E-state index in [-0.39, 0.29) is 23.8 Å². The zero-order valence-electron chi connectivity index (χ0n) is 13.7. The second-order valence-corrected chi connectivity index (χ2v) is 5.71. The van der Waals surface area contributed by atoms with Crippen LogP contribution in [0.15, 0.2) is 42.7 Å². The quantitative estimate of drug-likeness (QED) is 0.851. The number of hydrogen-bond donors (Lipinski definition) is 1. The first-order valence-electron chi connectivity index (χ1n) is 7.71. The number of halogens is 1. The smallest absolute Gasteiger partial charge is 0.237 e. The Morgan fingerprint density at radius 3 is 2.65 bits per heavy atom. The van der Waals surface area contributed by atoms with E-state index in [0.717, 1.165) is 18.7 Å². The molecule has 0 fully saturated rings. The van der Waals surface area contributed by atoms with Crippen molar-refractivity contribution in [2.24, 2.45) is 0 Å². The summed E-state index contributed by atoms with van der Waals surface area (Å²) in [7, 11) is 1.91. The third-order valence-electron chi connectivity index (χ3n) is 4.01. The molecule has 23 heavy (non-hydrogen) atoms. The molecule has 0 saturated carbocycles. The van der Waals surface area contributed by atoms with Crippen LogP contribution in [0.4, 0.5) is 4.39 Å². The highest BCUT2D eigenvalue weighted by Gasteiger charge is 2.20. The van der Waals surface area contributed by atoms with Gasteiger partial charge in [0.1, 0.15) is 5.82 Å². The molecule has 0 saturated heterocycles. The summed E-state index contributed by atoms with van der Waals surface area (Å²) < 4.78 is 14.8. The molecular weight excluding hydrogens is 295 g/mol. The second-order valence-electron chi connectivity index (χ2n) is 5.71. The van der Waals surface area contributed by atoms with Gasteiger partial charge in [-0.05, 0) is 44.7 Å². The summed E-state index contributed by atoms with van der Waals surface area (Å²) in [6, 6.07) is 7.63. The zero-order valence-corrected chi connectivity index (χ0v) is 13.7. The molecule has 1 amide bonds. The molecule has 2 atom stereocenters. The van der Waals surface area contributed by atoms with Gasteiger partial charge in [0.05, 0.1) is 18.6 Å². The van der Waals surface area contributed by atoms with Crippen LogP contribution in [0.1, 0.15) is 25.5 Å². The summed E-state index contributed by atoms with van der Waals surface area (Å²) in [6.45, 7) is 5.22. The lowest BCUT2D eigenvalue weighted by Gasteiger charge is -2.25. The Bertz CT molecular complexity index is 612. The van der Waals surface area contributed by atoms with Crippen LogP contribution < -0.4 is 5.32 Å². The van der Waals surface area contributed by atoms with E-state index in [9.17, 15) is 9.18 Å². The monoisotopic (exact) mass is 318 g/mol. The highest BCUT2D eigenvalue weighted by Crippen LogP contribution is 2.13. The van der Waals surface area contributed by atoms with Crippen LogP contribution in [0.5, 0.6) is 0 Å². The second kappa shape index (κ2) is 7.87. The molecule has 5 nitrogen and oxygen atoms in total. The Labute approximate surface area is 136 Å². The predicted octanol–water partition coefficient (Wildman–Crippen LogP) is 2.22. The third-order valence-corrected chi connectivity index (χ3v) is 4.01. The molecule has 1 aromatic carbocycles. The molecule has 0 unspecified atom stereocenters. The fraction of sp³-hybridized carbons (Fsp3) is 0.412. The van der Waals surface area contributed by atoms with Crippen LogP contribution in [0.2, 0.25) is 0 Å². The zero-order chi connectivity index (χ0) is 16.8. The summed E-state index contributed by atoms with van der Waals surface area (Å²) in [5.41, 5.74) is 0.881. The molecule has 1 N–H and O–H groups in total. The minimum atomic E-state index is -0.279. The van der Waals surface area contributed by atoms with E-state index in [1.807, 2.05) is 42.7 Å². The van der Waals surface area contributed by atoms with E-state index in [1.54, 1.807) is 18.3 Å². The summed E-state index contributed by atoms with van der Waals surface area (Å²) in [6.07, 6.45) is 3.63. The van der Waals surface area contributed by atoms with Gasteiger partial charge in [0.2, 0.25) is 5.91 Å². The Morgan fingerprint density at radius 2 is 2.04 bits per heavy atom. The first-order chi connectivity index (χ1) is 11.0. The molecule has 1 heterocycles. The summed E-state index contributed by atoms with van der Waals surface area (Å²) in [4.78, 5) is 14.3. The summed E-state index contributed by atoms with van der Waals surface area (Å²) in [5.74, 6) is -0.330. The van der Waals surface area contributed by atoms with E-state index < -0.39 is 0 Å². The Kier molecular flexibility index (Phi) is 5.87. The van der Waals surface area contributed by atoms with Gasteiger partial charge in [0.25, 0.3) is 0 Å². The van der Waals surface area contributed by atoms with Gasteiger partial charge < -0.3 is 5.32 Å². The fourth-order valence-corrected chi connectivity index (χ4v) is 2.26. The molecular formula is C17H23FN4O. The minimum absolute atomic E-state index is 0.0511. The SMILES string of the molecule is C[C@H](NC(=O)[C@H](C)N(C)CCn1cccn1)c1ccc(F)cc1. The highest BCUT2D eigenvalue weighted by atomic mass is 19.1. The van der Waals surface area contributed by atoms with Gasteiger partial charge in [-0.25, -0.2) is 4.39 Å². The van der Waals surface area contributed by atoms with E-state index in [4.69, 9.17) is 0 Å². The van der Waals surface area contributed by atoms with Crippen molar-refractivity contribution >= 4 is 5.91 Å². The molecule has 6 heteroatoms. The van der Waals surface area contributed by atoms with Gasteiger partial charge >= 0.3 is 0 Å². The van der Waals surface area contributed by atoms with Gasteiger partial charge in [-0.1, -0.05) is 12.1 Å². The fourth-order valence-electron chi connectivity index (χ4n) is 2.26. The topological polar surface area (TPSA) is 50.2 Å². The van der Waals surface area contributed by atoms with Crippen molar-refractivity contribution in [3.05, 3.63) is 54.1 Å². The van der Waals surface area contributed by atoms with Gasteiger partial charge in [-0.3, -0.25) is 14.4 Å². The van der Waals surface area contributed by atoms with Crippen LogP contribution in [0.3, 0.4) is 0 Å². The van der Waals surface area contributed by atoms with Crippen LogP contribution in [-0.4, -0.2) is 40.2 Å². The minimum Gasteiger partial charge on any atom is -0.348 e. The maximum atomic E-state index is 12.9. The van der Waals surface area contributed by atoms with Crippen LogP contribution >= 0.6 is 0 Å². The molecule has 1 aromatic heterocycles. The van der Waals surface area contributed by atoms with Gasteiger partial charge in [-0.2, -0.15) is 5.10 Å². The normalized spacial score (nSPS) is 13.8. The van der Waals surface area contributed by atoms with Crippen molar-refractivity contribution in [3.63, 3.8) is 0 Å². The number of likely N-dealkylation sites (N-methyl/N-ethyl adjacent to an activating group) is 1. The standard InChI is InChI=1S/C17H23FN4O/c1-13(15-5-7-16(18)8-6-15)20-17(23)14(2)21(3)11-12-22-10-4-9-19-22/h4-10,13-14H,11-12H2,1-3H3,(H,20,23)/t13-,14-/m0/s1. The molecule has 0 aliphatic heterocycles. The van der Waals surface area contributed by atoms with Crippen LogP contribution in [-0.2, 0) is 11.3 Å². The molecule has 0 spiro atoms. The first-order valence-corrected chi connectivity index (χ1v) is 7.71. The molecule has 2 aromatic rings. The number of carbonyl (C=O) groups excluding carboxylic acids is 1. The number of rotatable bonds is 7. The van der Waals surface area contributed by atoms with E-state index in [1.165, 1.54) is 12.1 Å². The number of nitrogens with zero attached hydrogens (tertiary/aromatic N) is 3. The third kappa shape index (κ3) is 4.89. The predicted molar refractivity (Wildman–Crippen MR) is 87.3 cm³/mol. The Balaban J connectivity index is 1.84. The largest absolute Gasteiger partial charge is 0.348 e. The van der Waals surface area contributed by atoms with Gasteiger partial charge in [0, 0.05) is 18.9 Å². The maximum Gasteiger partial charge on any atom is 0.237 e. The van der Waals surface area contributed by atoms with Gasteiger partial charge in [-0.15, -0.1) is 0 Å². The van der Waals surface area contributed by atoms with Crippen molar-refractivity contribution in [3.8, 4) is 0 Å². The number of amides is 1. The Morgan fingerprint density at radius 1 is 1.35 bits per heavy atom. The number of nitrogens with one attached hydrogen (secondary N) is 1. The van der Waals surface area contributed by atoms with Gasteiger partial charge in [0.15, 0.2) is 0 Å². The van der Waals surface area contributed by atoms with Crippen LogP contribution in [0.25, 0.3) is 0 Å². The van der Waals surface area contributed by atoms with E-state index in [0.29, 0.717) is 0 Å². The van der Waals surface area contributed by atoms with Crippen molar-refractivity contribution in [1.29, 1.82) is 0 Å². The van der Waals surface area contributed by atoms with Crippen LogP contribution in [0, 0.1) is 5.82 Å². The molecule has 0 aliphatic rings. The van der Waals surface area contributed by atoms with Crippen molar-refractivity contribution in [1.82, 2.24) is 20.0 Å². The number of benzene rings is 1. The number of hydrogen-bond acceptors (Lipinski definition) is 3. The molecule has 0 bridgehead atoms. The highest BCUT2D eigenvalue weighted by molar-refractivity contribution is 5.81. The molecule has 0 radical (unpaired) electrons. The van der Waals surface area contributed by atoms with Crippen molar-refractivity contribution in [2.45, 2.75) is 32.5 Å². The number of aromatic nitrogens is 2. The summed E-state index contributed by atoms with van der Waals surface area (Å²) in [5, 5.41) is 7.11. The Hall–Kier alpha value is -2.21. The lowest BCUT2D eigenvalue weighted by atomic mass is 10.1. The molecule has 124 valence electrons. The van der Waals surface area contributed by atoms with Crippen molar-refractivity contribution < 1.29 is 9.18 Å². The maximum absolute atomic E-state index is 12.9. The molecule has 2 rings (SSSR count). The average molecular weight is 318 g/mol. The molecule has 0 aliphatic carbocycles. The van der Waals surface area contributed by atoms with E-state index in [2.05, 4.69) is 10.4 Å². The lowest BCUT2D eigenvalue weighted by Crippen LogP contribution is -2.45. The van der Waals surface area contributed by atoms with E-state index >= 15 is 0 Å². The average Bonchev–Trinajstić information content (AvgIpc) is 3.05. The summed E-state index contributed by atoms with van der Waals surface area (Å²) >= 11 is 0. The lowest BCUT2D eigenvalue weighted by molar-refractivity contribution is -0.126. The first kappa shape index (κ1) is 17.1. The number of carbonyl (C=O) groups is 1.